The van der Waals surface area contributed by atoms with Crippen LogP contribution in [0.5, 0.6) is 0 Å². The van der Waals surface area contributed by atoms with E-state index in [0.29, 0.717) is 0 Å². The van der Waals surface area contributed by atoms with Crippen LogP contribution >= 0.6 is 31.4 Å². The van der Waals surface area contributed by atoms with Gasteiger partial charge in [0.2, 0.25) is 0 Å². The molecule has 0 amide bonds. The fourth-order valence-electron chi connectivity index (χ4n) is 3.73. The van der Waals surface area contributed by atoms with Crippen LogP contribution in [0.15, 0.2) is 0 Å². The van der Waals surface area contributed by atoms with Gasteiger partial charge < -0.3 is 18.9 Å². The van der Waals surface area contributed by atoms with E-state index in [2.05, 4.69) is 13.8 Å². The van der Waals surface area contributed by atoms with Crippen LogP contribution < -0.4 is 0 Å². The van der Waals surface area contributed by atoms with Crippen LogP contribution in [0.1, 0.15) is 78.1 Å². The fourth-order valence-corrected chi connectivity index (χ4v) is 12.1. The summed E-state index contributed by atoms with van der Waals surface area (Å²) in [6.45, 7) is 4.51. The Bertz CT molecular complexity index is 354. The number of hydrogen-bond donors (Lipinski definition) is 0. The first-order valence-corrected chi connectivity index (χ1v) is 19.4. The van der Waals surface area contributed by atoms with Gasteiger partial charge in [-0.15, -0.1) is 0 Å². The molecule has 0 fully saturated rings. The zero-order valence-corrected chi connectivity index (χ0v) is 26.4. The topological polar surface area (TPSA) is 36.9 Å². The monoisotopic (exact) mass is 530 g/mol. The van der Waals surface area contributed by atoms with Gasteiger partial charge >= 0.3 is 0 Å². The van der Waals surface area contributed by atoms with Crippen LogP contribution in [0.2, 0.25) is 12.1 Å². The van der Waals surface area contributed by atoms with Crippen LogP contribution in [0.25, 0.3) is 0 Å². The molecule has 0 aliphatic carbocycles. The Morgan fingerprint density at radius 3 is 1.29 bits per heavy atom. The van der Waals surface area contributed by atoms with Gasteiger partial charge in [-0.3, -0.25) is 0 Å². The lowest BCUT2D eigenvalue weighted by Gasteiger charge is -2.31. The number of ether oxygens (including phenoxy) is 4. The summed E-state index contributed by atoms with van der Waals surface area (Å²) in [5, 5.41) is 0. The molecule has 0 aliphatic rings. The Morgan fingerprint density at radius 1 is 0.581 bits per heavy atom. The molecule has 0 aromatic heterocycles. The summed E-state index contributed by atoms with van der Waals surface area (Å²) in [7, 11) is 12.5. The van der Waals surface area contributed by atoms with E-state index in [4.69, 9.17) is 18.9 Å². The molecule has 0 aromatic carbocycles. The lowest BCUT2D eigenvalue weighted by atomic mass is 10.2. The summed E-state index contributed by atoms with van der Waals surface area (Å²) in [4.78, 5) is 0. The predicted octanol–water partition coefficient (Wildman–Crippen LogP) is 6.02. The van der Waals surface area contributed by atoms with Crippen molar-refractivity contribution in [3.05, 3.63) is 0 Å². The highest BCUT2D eigenvalue weighted by Crippen LogP contribution is 2.36. The van der Waals surface area contributed by atoms with Gasteiger partial charge in [0.25, 0.3) is 0 Å². The highest BCUT2D eigenvalue weighted by atomic mass is 33.5. The van der Waals surface area contributed by atoms with Crippen LogP contribution in [-0.2, 0) is 18.9 Å². The van der Waals surface area contributed by atoms with Gasteiger partial charge in [0.05, 0.1) is 19.0 Å². The van der Waals surface area contributed by atoms with Crippen molar-refractivity contribution in [2.45, 2.75) is 101 Å². The van der Waals surface area contributed by atoms with Crippen molar-refractivity contribution in [1.82, 2.24) is 0 Å². The molecule has 0 aliphatic heterocycles. The standard InChI is InChI=1S/C22H50O4S3Si2/c1-7-9-19-30-21(23-3,24-4)15-11-13-17-27-29-28-18-14-12-16-22(25-5,26-6)31-20-10-8-2/h7-20,30-31H2,1-6H3. The van der Waals surface area contributed by atoms with Gasteiger partial charge in [-0.25, -0.2) is 0 Å². The Balaban J connectivity index is 3.78. The highest BCUT2D eigenvalue weighted by molar-refractivity contribution is 9.09. The van der Waals surface area contributed by atoms with Crippen LogP contribution in [-0.4, -0.2) is 69.8 Å². The van der Waals surface area contributed by atoms with E-state index in [0.717, 1.165) is 12.8 Å². The highest BCUT2D eigenvalue weighted by Gasteiger charge is 2.29. The molecule has 0 saturated heterocycles. The summed E-state index contributed by atoms with van der Waals surface area (Å²) in [5.41, 5.74) is -0.471. The summed E-state index contributed by atoms with van der Waals surface area (Å²) >= 11 is 0. The second kappa shape index (κ2) is 21.8. The third-order valence-electron chi connectivity index (χ3n) is 5.98. The maximum Gasteiger partial charge on any atom is 0.144 e. The van der Waals surface area contributed by atoms with Crippen molar-refractivity contribution >= 4 is 50.5 Å². The van der Waals surface area contributed by atoms with Gasteiger partial charge in [-0.1, -0.05) is 73.2 Å². The molecule has 0 spiro atoms. The predicted molar refractivity (Wildman–Crippen MR) is 150 cm³/mol. The molecule has 4 nitrogen and oxygen atoms in total. The number of rotatable bonds is 24. The minimum absolute atomic E-state index is 0.235. The maximum absolute atomic E-state index is 5.79. The molecule has 0 aromatic rings. The molecule has 9 heteroatoms. The van der Waals surface area contributed by atoms with E-state index < -0.39 is 0 Å². The van der Waals surface area contributed by atoms with Gasteiger partial charge in [0, 0.05) is 39.9 Å². The Morgan fingerprint density at radius 2 is 0.968 bits per heavy atom. The Labute approximate surface area is 209 Å². The molecule has 0 saturated carbocycles. The zero-order valence-electron chi connectivity index (χ0n) is 21.2. The van der Waals surface area contributed by atoms with E-state index in [1.807, 2.05) is 59.9 Å². The van der Waals surface area contributed by atoms with E-state index >= 15 is 0 Å². The van der Waals surface area contributed by atoms with Gasteiger partial charge in [0.15, 0.2) is 0 Å². The SMILES string of the molecule is CCCC[SiH2]C(CCCCSSSCCCCC(OC)(OC)[SiH2]CCCC)(OC)OC. The molecule has 0 heterocycles. The minimum Gasteiger partial charge on any atom is -0.358 e. The Hall–Kier alpha value is 1.32. The zero-order chi connectivity index (χ0) is 23.3. The van der Waals surface area contributed by atoms with Crippen molar-refractivity contribution < 1.29 is 18.9 Å². The Kier molecular flexibility index (Phi) is 22.8. The molecule has 0 unspecified atom stereocenters. The molecule has 31 heavy (non-hydrogen) atoms. The van der Waals surface area contributed by atoms with E-state index in [-0.39, 0.29) is 29.9 Å². The average Bonchev–Trinajstić information content (AvgIpc) is 2.80. The molecule has 0 bridgehead atoms. The van der Waals surface area contributed by atoms with Crippen molar-refractivity contribution in [1.29, 1.82) is 0 Å². The molecule has 0 radical (unpaired) electrons. The second-order valence-corrected chi connectivity index (χ2v) is 17.2. The van der Waals surface area contributed by atoms with E-state index in [9.17, 15) is 0 Å². The summed E-state index contributed by atoms with van der Waals surface area (Å²) < 4.78 is 23.2. The van der Waals surface area contributed by atoms with Crippen LogP contribution in [0, 0.1) is 0 Å². The van der Waals surface area contributed by atoms with E-state index in [1.165, 1.54) is 75.0 Å². The third-order valence-corrected chi connectivity index (χ3v) is 15.5. The van der Waals surface area contributed by atoms with Gasteiger partial charge in [-0.2, -0.15) is 0 Å². The molecule has 188 valence electrons. The molecule has 0 atom stereocenters. The minimum atomic E-state index is -0.345. The summed E-state index contributed by atoms with van der Waals surface area (Å²) in [5.74, 6) is 2.41. The first kappa shape index (κ1) is 32.3. The van der Waals surface area contributed by atoms with Crippen molar-refractivity contribution in [2.75, 3.05) is 39.9 Å². The lowest BCUT2D eigenvalue weighted by molar-refractivity contribution is -0.149. The van der Waals surface area contributed by atoms with Crippen molar-refractivity contribution in [2.24, 2.45) is 0 Å². The second-order valence-electron chi connectivity index (χ2n) is 8.18. The lowest BCUT2D eigenvalue weighted by Crippen LogP contribution is -2.40. The number of hydrogen-bond acceptors (Lipinski definition) is 7. The van der Waals surface area contributed by atoms with Crippen LogP contribution in [0.4, 0.5) is 0 Å². The number of unbranched alkanes of at least 4 members (excludes halogenated alkanes) is 4. The fraction of sp³-hybridized carbons (Fsp3) is 1.00. The molecule has 0 rings (SSSR count). The van der Waals surface area contributed by atoms with Gasteiger partial charge in [0.1, 0.15) is 10.8 Å². The smallest absolute Gasteiger partial charge is 0.144 e. The van der Waals surface area contributed by atoms with Crippen molar-refractivity contribution in [3.63, 3.8) is 0 Å². The summed E-state index contributed by atoms with van der Waals surface area (Å²) in [6.07, 6.45) is 12.1. The largest absolute Gasteiger partial charge is 0.358 e. The molecular formula is C22H50O4S3Si2. The average molecular weight is 531 g/mol. The first-order valence-electron chi connectivity index (χ1n) is 12.2. The molecular weight excluding hydrogens is 481 g/mol. The normalized spacial score (nSPS) is 13.4. The third kappa shape index (κ3) is 15.8. The van der Waals surface area contributed by atoms with Gasteiger partial charge in [-0.05, 0) is 48.4 Å². The quantitative estimate of drug-likeness (QED) is 0.0653. The van der Waals surface area contributed by atoms with Crippen LogP contribution in [0.3, 0.4) is 0 Å². The maximum atomic E-state index is 5.79. The summed E-state index contributed by atoms with van der Waals surface area (Å²) in [6, 6.07) is 2.63. The van der Waals surface area contributed by atoms with E-state index in [1.54, 1.807) is 0 Å². The van der Waals surface area contributed by atoms with Crippen molar-refractivity contribution in [3.8, 4) is 0 Å². The first-order chi connectivity index (χ1) is 15.1. The number of methoxy groups -OCH3 is 4. The molecule has 0 N–H and O–H groups in total.